The fourth-order valence-corrected chi connectivity index (χ4v) is 3.42. The number of nitro benzene ring substituents is 1. The predicted octanol–water partition coefficient (Wildman–Crippen LogP) is 3.21. The van der Waals surface area contributed by atoms with Crippen LogP contribution in [0.3, 0.4) is 0 Å². The Hall–Kier alpha value is -3.23. The number of nitrogens with one attached hydrogen (secondary N) is 1. The SMILES string of the molecule is O=C1Nc2ccc([N+](=O)[O-])cc2C(c2ccccc2Cl)=NC1=CN1CCOCC1. The van der Waals surface area contributed by atoms with Crippen molar-refractivity contribution < 1.29 is 14.5 Å². The van der Waals surface area contributed by atoms with Crippen LogP contribution in [0.2, 0.25) is 5.02 Å². The molecule has 0 aromatic heterocycles. The predicted molar refractivity (Wildman–Crippen MR) is 109 cm³/mol. The van der Waals surface area contributed by atoms with E-state index in [1.165, 1.54) is 18.2 Å². The van der Waals surface area contributed by atoms with Gasteiger partial charge in [-0.25, -0.2) is 4.99 Å². The van der Waals surface area contributed by atoms with E-state index in [-0.39, 0.29) is 11.4 Å². The van der Waals surface area contributed by atoms with E-state index in [1.54, 1.807) is 30.5 Å². The highest BCUT2D eigenvalue weighted by Gasteiger charge is 2.25. The van der Waals surface area contributed by atoms with Crippen LogP contribution in [0.1, 0.15) is 11.1 Å². The molecular weight excluding hydrogens is 396 g/mol. The fraction of sp³-hybridized carbons (Fsp3) is 0.200. The van der Waals surface area contributed by atoms with Crippen molar-refractivity contribution in [3.05, 3.63) is 80.6 Å². The van der Waals surface area contributed by atoms with E-state index < -0.39 is 10.8 Å². The quantitative estimate of drug-likeness (QED) is 0.474. The molecule has 2 aromatic rings. The van der Waals surface area contributed by atoms with Gasteiger partial charge in [-0.05, 0) is 12.1 Å². The molecule has 0 unspecified atom stereocenters. The second-order valence-corrected chi connectivity index (χ2v) is 6.95. The molecular formula is C20H17ClN4O4. The van der Waals surface area contributed by atoms with E-state index in [9.17, 15) is 14.9 Å². The van der Waals surface area contributed by atoms with Gasteiger partial charge in [0, 0.05) is 47.6 Å². The largest absolute Gasteiger partial charge is 0.378 e. The van der Waals surface area contributed by atoms with Crippen molar-refractivity contribution in [1.82, 2.24) is 4.90 Å². The summed E-state index contributed by atoms with van der Waals surface area (Å²) < 4.78 is 5.34. The molecule has 2 aliphatic rings. The van der Waals surface area contributed by atoms with Crippen LogP contribution >= 0.6 is 11.6 Å². The molecule has 2 aliphatic heterocycles. The van der Waals surface area contributed by atoms with Gasteiger partial charge >= 0.3 is 0 Å². The van der Waals surface area contributed by atoms with Crippen LogP contribution in [-0.2, 0) is 9.53 Å². The molecule has 148 valence electrons. The number of non-ortho nitro benzene ring substituents is 1. The molecule has 8 nitrogen and oxygen atoms in total. The molecule has 0 bridgehead atoms. The van der Waals surface area contributed by atoms with Gasteiger partial charge in [-0.3, -0.25) is 14.9 Å². The maximum absolute atomic E-state index is 12.8. The highest BCUT2D eigenvalue weighted by atomic mass is 35.5. The number of hydrogen-bond donors (Lipinski definition) is 1. The molecule has 1 fully saturated rings. The zero-order valence-electron chi connectivity index (χ0n) is 15.3. The number of hydrogen-bond acceptors (Lipinski definition) is 6. The number of nitrogens with zero attached hydrogens (tertiary/aromatic N) is 3. The summed E-state index contributed by atoms with van der Waals surface area (Å²) in [5.74, 6) is -0.395. The monoisotopic (exact) mass is 412 g/mol. The minimum Gasteiger partial charge on any atom is -0.378 e. The maximum Gasteiger partial charge on any atom is 0.275 e. The maximum atomic E-state index is 12.8. The summed E-state index contributed by atoms with van der Waals surface area (Å²) in [6.07, 6.45) is 1.69. The molecule has 1 N–H and O–H groups in total. The van der Waals surface area contributed by atoms with Gasteiger partial charge in [0.2, 0.25) is 0 Å². The Balaban J connectivity index is 1.89. The summed E-state index contributed by atoms with van der Waals surface area (Å²) in [6.45, 7) is 2.43. The summed E-state index contributed by atoms with van der Waals surface area (Å²) in [4.78, 5) is 30.2. The average Bonchev–Trinajstić information content (AvgIpc) is 2.85. The topological polar surface area (TPSA) is 97.1 Å². The van der Waals surface area contributed by atoms with Gasteiger partial charge in [0.05, 0.1) is 29.5 Å². The summed E-state index contributed by atoms with van der Waals surface area (Å²) in [5.41, 5.74) is 1.95. The van der Waals surface area contributed by atoms with E-state index in [4.69, 9.17) is 16.3 Å². The van der Waals surface area contributed by atoms with Crippen molar-refractivity contribution >= 4 is 34.6 Å². The molecule has 0 radical (unpaired) electrons. The normalized spacial score (nSPS) is 18.0. The fourth-order valence-electron chi connectivity index (χ4n) is 3.19. The number of nitro groups is 1. The van der Waals surface area contributed by atoms with E-state index in [0.717, 1.165) is 0 Å². The number of amides is 1. The summed E-state index contributed by atoms with van der Waals surface area (Å²) >= 11 is 6.39. The average molecular weight is 413 g/mol. The lowest BCUT2D eigenvalue weighted by Crippen LogP contribution is -2.33. The first kappa shape index (κ1) is 19.1. The van der Waals surface area contributed by atoms with Crippen molar-refractivity contribution in [2.75, 3.05) is 31.6 Å². The molecule has 4 rings (SSSR count). The number of ether oxygens (including phenoxy) is 1. The number of carbonyl (C=O) groups is 1. The van der Waals surface area contributed by atoms with Gasteiger partial charge in [-0.1, -0.05) is 29.8 Å². The number of benzene rings is 2. The van der Waals surface area contributed by atoms with Crippen LogP contribution in [0.4, 0.5) is 11.4 Å². The summed E-state index contributed by atoms with van der Waals surface area (Å²) in [7, 11) is 0. The third-order valence-corrected chi connectivity index (χ3v) is 4.99. The second-order valence-electron chi connectivity index (χ2n) is 6.54. The highest BCUT2D eigenvalue weighted by molar-refractivity contribution is 6.36. The van der Waals surface area contributed by atoms with Crippen molar-refractivity contribution in [2.24, 2.45) is 4.99 Å². The number of benzodiazepines with no additional fused rings is 1. The zero-order valence-corrected chi connectivity index (χ0v) is 16.1. The van der Waals surface area contributed by atoms with Crippen LogP contribution in [0.15, 0.2) is 59.4 Å². The smallest absolute Gasteiger partial charge is 0.275 e. The van der Waals surface area contributed by atoms with Gasteiger partial charge < -0.3 is 15.0 Å². The van der Waals surface area contributed by atoms with E-state index in [2.05, 4.69) is 10.3 Å². The lowest BCUT2D eigenvalue weighted by atomic mass is 10.00. The Kier molecular flexibility index (Phi) is 5.28. The van der Waals surface area contributed by atoms with E-state index in [0.29, 0.717) is 53.9 Å². The molecule has 29 heavy (non-hydrogen) atoms. The van der Waals surface area contributed by atoms with Crippen LogP contribution in [0.25, 0.3) is 0 Å². The first-order valence-corrected chi connectivity index (χ1v) is 9.38. The van der Waals surface area contributed by atoms with Crippen LogP contribution < -0.4 is 5.32 Å². The van der Waals surface area contributed by atoms with E-state index in [1.807, 2.05) is 4.90 Å². The first-order chi connectivity index (χ1) is 14.0. The minimum atomic E-state index is -0.484. The Labute approximate surface area is 171 Å². The molecule has 0 atom stereocenters. The van der Waals surface area contributed by atoms with Crippen molar-refractivity contribution in [2.45, 2.75) is 0 Å². The third-order valence-electron chi connectivity index (χ3n) is 4.66. The molecule has 1 amide bonds. The molecule has 0 aliphatic carbocycles. The number of rotatable bonds is 3. The number of carbonyl (C=O) groups excluding carboxylic acids is 1. The van der Waals surface area contributed by atoms with Crippen LogP contribution in [-0.4, -0.2) is 47.7 Å². The number of halogens is 1. The molecule has 0 spiro atoms. The highest BCUT2D eigenvalue weighted by Crippen LogP contribution is 2.31. The number of aliphatic imine (C=N–C) groups is 1. The Bertz CT molecular complexity index is 1040. The van der Waals surface area contributed by atoms with Gasteiger partial charge in [0.1, 0.15) is 5.70 Å². The number of anilines is 1. The van der Waals surface area contributed by atoms with Crippen LogP contribution in [0, 0.1) is 10.1 Å². The second kappa shape index (κ2) is 8.02. The molecule has 2 heterocycles. The minimum absolute atomic E-state index is 0.0987. The van der Waals surface area contributed by atoms with E-state index >= 15 is 0 Å². The Morgan fingerprint density at radius 3 is 2.66 bits per heavy atom. The third kappa shape index (κ3) is 3.98. The van der Waals surface area contributed by atoms with Crippen molar-refractivity contribution in [1.29, 1.82) is 0 Å². The first-order valence-electron chi connectivity index (χ1n) is 9.00. The van der Waals surface area contributed by atoms with Gasteiger partial charge in [-0.2, -0.15) is 0 Å². The molecule has 1 saturated heterocycles. The van der Waals surface area contributed by atoms with Crippen LogP contribution in [0.5, 0.6) is 0 Å². The zero-order chi connectivity index (χ0) is 20.4. The van der Waals surface area contributed by atoms with Gasteiger partial charge in [0.15, 0.2) is 0 Å². The summed E-state index contributed by atoms with van der Waals surface area (Å²) in [6, 6.07) is 11.3. The molecule has 9 heteroatoms. The van der Waals surface area contributed by atoms with Crippen molar-refractivity contribution in [3.63, 3.8) is 0 Å². The Morgan fingerprint density at radius 2 is 1.93 bits per heavy atom. The number of morpholine rings is 1. The standard InChI is InChI=1S/C20H17ClN4O4/c21-16-4-2-1-3-14(16)19-15-11-13(25(27)28)5-6-17(15)23-20(26)18(22-19)12-24-7-9-29-10-8-24/h1-6,11-12H,7-10H2,(H,23,26). The van der Waals surface area contributed by atoms with Gasteiger partial charge in [0.25, 0.3) is 11.6 Å². The molecule has 0 saturated carbocycles. The molecule has 2 aromatic carbocycles. The van der Waals surface area contributed by atoms with Gasteiger partial charge in [-0.15, -0.1) is 0 Å². The Morgan fingerprint density at radius 1 is 1.17 bits per heavy atom. The lowest BCUT2D eigenvalue weighted by molar-refractivity contribution is -0.384. The summed E-state index contributed by atoms with van der Waals surface area (Å²) in [5, 5.41) is 14.5. The number of fused-ring (bicyclic) bond motifs is 1. The lowest BCUT2D eigenvalue weighted by Gasteiger charge is -2.25. The van der Waals surface area contributed by atoms with Crippen molar-refractivity contribution in [3.8, 4) is 0 Å².